The van der Waals surface area contributed by atoms with E-state index in [1.807, 2.05) is 0 Å². The zero-order valence-corrected chi connectivity index (χ0v) is 15.3. The molecule has 0 saturated carbocycles. The molecule has 3 N–H and O–H groups in total. The van der Waals surface area contributed by atoms with Gasteiger partial charge in [0.1, 0.15) is 5.82 Å². The Kier molecular flexibility index (Phi) is 6.67. The largest absolute Gasteiger partial charge is 0.452 e. The minimum Gasteiger partial charge on any atom is -0.452 e. The summed E-state index contributed by atoms with van der Waals surface area (Å²) in [7, 11) is -3.91. The third-order valence-corrected chi connectivity index (χ3v) is 4.42. The summed E-state index contributed by atoms with van der Waals surface area (Å²) in [6, 6.07) is 9.32. The molecule has 0 spiro atoms. The van der Waals surface area contributed by atoms with E-state index >= 15 is 0 Å². The summed E-state index contributed by atoms with van der Waals surface area (Å²) < 4.78 is 40.8. The Balaban J connectivity index is 1.92. The first-order chi connectivity index (χ1) is 12.7. The Morgan fingerprint density at radius 3 is 2.59 bits per heavy atom. The standard InChI is InChI=1S/C17H14ClFN2O5S/c18-14-5-2-6-15(19)13(14)7-8-17(23)26-10-16(22)21-11-3-1-4-12(9-11)27(20,24)25/h1-9H,10H2,(H,21,22)(H2,20,24,25)/b8-7+. The van der Waals surface area contributed by atoms with Crippen LogP contribution in [0.2, 0.25) is 5.02 Å². The smallest absolute Gasteiger partial charge is 0.331 e. The molecular weight excluding hydrogens is 399 g/mol. The predicted octanol–water partition coefficient (Wildman–Crippen LogP) is 2.32. The highest BCUT2D eigenvalue weighted by atomic mass is 35.5. The van der Waals surface area contributed by atoms with Gasteiger partial charge in [-0.2, -0.15) is 0 Å². The molecule has 1 amide bonds. The van der Waals surface area contributed by atoms with Crippen LogP contribution in [0.5, 0.6) is 0 Å². The molecule has 0 radical (unpaired) electrons. The SMILES string of the molecule is NS(=O)(=O)c1cccc(NC(=O)COC(=O)/C=C/c2c(F)cccc2Cl)c1. The molecule has 0 unspecified atom stereocenters. The van der Waals surface area contributed by atoms with Crippen molar-refractivity contribution in [1.29, 1.82) is 0 Å². The molecule has 0 fully saturated rings. The second kappa shape index (κ2) is 8.76. The molecular formula is C17H14ClFN2O5S. The molecule has 0 aliphatic carbocycles. The van der Waals surface area contributed by atoms with Gasteiger partial charge in [-0.3, -0.25) is 4.79 Å². The molecule has 0 bridgehead atoms. The van der Waals surface area contributed by atoms with Gasteiger partial charge in [-0.05, 0) is 36.4 Å². The number of halogens is 2. The molecule has 27 heavy (non-hydrogen) atoms. The number of anilines is 1. The van der Waals surface area contributed by atoms with Crippen LogP contribution < -0.4 is 10.5 Å². The maximum absolute atomic E-state index is 13.6. The van der Waals surface area contributed by atoms with Gasteiger partial charge in [0.15, 0.2) is 6.61 Å². The first-order valence-corrected chi connectivity index (χ1v) is 9.31. The van der Waals surface area contributed by atoms with E-state index in [0.717, 1.165) is 18.2 Å². The lowest BCUT2D eigenvalue weighted by Crippen LogP contribution is -2.20. The van der Waals surface area contributed by atoms with Gasteiger partial charge in [-0.25, -0.2) is 22.7 Å². The summed E-state index contributed by atoms with van der Waals surface area (Å²) in [6.07, 6.45) is 2.06. The number of rotatable bonds is 6. The van der Waals surface area contributed by atoms with Crippen molar-refractivity contribution in [2.24, 2.45) is 5.14 Å². The lowest BCUT2D eigenvalue weighted by molar-refractivity contribution is -0.142. The van der Waals surface area contributed by atoms with Crippen LogP contribution in [0.1, 0.15) is 5.56 Å². The van der Waals surface area contributed by atoms with Crippen LogP contribution in [0.3, 0.4) is 0 Å². The van der Waals surface area contributed by atoms with Crippen molar-refractivity contribution in [2.45, 2.75) is 4.90 Å². The van der Waals surface area contributed by atoms with Crippen LogP contribution in [-0.4, -0.2) is 26.9 Å². The van der Waals surface area contributed by atoms with Gasteiger partial charge < -0.3 is 10.1 Å². The maximum Gasteiger partial charge on any atom is 0.331 e. The molecule has 142 valence electrons. The van der Waals surface area contributed by atoms with Crippen LogP contribution in [0.4, 0.5) is 10.1 Å². The monoisotopic (exact) mass is 412 g/mol. The number of sulfonamides is 1. The lowest BCUT2D eigenvalue weighted by Gasteiger charge is -2.07. The van der Waals surface area contributed by atoms with Crippen molar-refractivity contribution < 1.29 is 27.1 Å². The van der Waals surface area contributed by atoms with E-state index in [9.17, 15) is 22.4 Å². The number of nitrogens with two attached hydrogens (primary N) is 1. The molecule has 10 heteroatoms. The first-order valence-electron chi connectivity index (χ1n) is 7.38. The van der Waals surface area contributed by atoms with E-state index in [2.05, 4.69) is 5.32 Å². The third kappa shape index (κ3) is 6.17. The van der Waals surface area contributed by atoms with Gasteiger partial charge in [-0.1, -0.05) is 23.7 Å². The van der Waals surface area contributed by atoms with E-state index in [4.69, 9.17) is 21.5 Å². The molecule has 0 aliphatic rings. The average molecular weight is 413 g/mol. The minimum absolute atomic E-state index is 0.0142. The average Bonchev–Trinajstić information content (AvgIpc) is 2.59. The highest BCUT2D eigenvalue weighted by Crippen LogP contribution is 2.20. The van der Waals surface area contributed by atoms with Crippen LogP contribution in [-0.2, 0) is 24.3 Å². The number of nitrogens with one attached hydrogen (secondary N) is 1. The lowest BCUT2D eigenvalue weighted by atomic mass is 10.2. The normalized spacial score (nSPS) is 11.4. The van der Waals surface area contributed by atoms with E-state index in [1.165, 1.54) is 36.4 Å². The fourth-order valence-corrected chi connectivity index (χ4v) is 2.74. The molecule has 0 aromatic heterocycles. The Morgan fingerprint density at radius 2 is 1.93 bits per heavy atom. The number of benzene rings is 2. The molecule has 2 rings (SSSR count). The highest BCUT2D eigenvalue weighted by Gasteiger charge is 2.11. The molecule has 0 atom stereocenters. The number of amides is 1. The first kappa shape index (κ1) is 20.6. The number of hydrogen-bond donors (Lipinski definition) is 2. The molecule has 0 heterocycles. The Bertz CT molecular complexity index is 988. The summed E-state index contributed by atoms with van der Waals surface area (Å²) in [5, 5.41) is 7.48. The Labute approximate surface area is 159 Å². The van der Waals surface area contributed by atoms with Gasteiger partial charge in [0.25, 0.3) is 5.91 Å². The van der Waals surface area contributed by atoms with Crippen molar-refractivity contribution in [3.8, 4) is 0 Å². The third-order valence-electron chi connectivity index (χ3n) is 3.18. The fraction of sp³-hybridized carbons (Fsp3) is 0.0588. The van der Waals surface area contributed by atoms with Gasteiger partial charge in [-0.15, -0.1) is 0 Å². The summed E-state index contributed by atoms with van der Waals surface area (Å²) in [4.78, 5) is 23.2. The van der Waals surface area contributed by atoms with Crippen LogP contribution in [0, 0.1) is 5.82 Å². The molecule has 0 aliphatic heterocycles. The Morgan fingerprint density at radius 1 is 1.22 bits per heavy atom. The number of hydrogen-bond acceptors (Lipinski definition) is 5. The zero-order valence-electron chi connectivity index (χ0n) is 13.7. The van der Waals surface area contributed by atoms with Crippen LogP contribution in [0.25, 0.3) is 6.08 Å². The van der Waals surface area contributed by atoms with Crippen LogP contribution >= 0.6 is 11.6 Å². The number of ether oxygens (including phenoxy) is 1. The molecule has 2 aromatic carbocycles. The minimum atomic E-state index is -3.91. The summed E-state index contributed by atoms with van der Waals surface area (Å²) in [5.41, 5.74) is 0.177. The van der Waals surface area contributed by atoms with E-state index in [0.29, 0.717) is 0 Å². The van der Waals surface area contributed by atoms with E-state index in [1.54, 1.807) is 0 Å². The molecule has 2 aromatic rings. The second-order valence-electron chi connectivity index (χ2n) is 5.20. The summed E-state index contributed by atoms with van der Waals surface area (Å²) >= 11 is 5.82. The predicted molar refractivity (Wildman–Crippen MR) is 97.8 cm³/mol. The fourth-order valence-electron chi connectivity index (χ4n) is 1.95. The van der Waals surface area contributed by atoms with Crippen molar-refractivity contribution in [2.75, 3.05) is 11.9 Å². The van der Waals surface area contributed by atoms with E-state index < -0.39 is 34.3 Å². The van der Waals surface area contributed by atoms with Gasteiger partial charge in [0, 0.05) is 17.3 Å². The number of carbonyl (C=O) groups is 2. The molecule has 0 saturated heterocycles. The van der Waals surface area contributed by atoms with Crippen LogP contribution in [0.15, 0.2) is 53.4 Å². The maximum atomic E-state index is 13.6. The zero-order chi connectivity index (χ0) is 20.0. The second-order valence-corrected chi connectivity index (χ2v) is 7.17. The highest BCUT2D eigenvalue weighted by molar-refractivity contribution is 7.89. The van der Waals surface area contributed by atoms with Crippen molar-refractivity contribution in [1.82, 2.24) is 0 Å². The van der Waals surface area contributed by atoms with E-state index in [-0.39, 0.29) is 21.2 Å². The summed E-state index contributed by atoms with van der Waals surface area (Å²) in [6.45, 7) is -0.631. The van der Waals surface area contributed by atoms with Crippen molar-refractivity contribution >= 4 is 45.3 Å². The Hall–Kier alpha value is -2.75. The number of primary sulfonamides is 1. The topological polar surface area (TPSA) is 116 Å². The number of carbonyl (C=O) groups excluding carboxylic acids is 2. The van der Waals surface area contributed by atoms with Gasteiger partial charge in [0.05, 0.1) is 9.92 Å². The van der Waals surface area contributed by atoms with Crippen molar-refractivity contribution in [3.63, 3.8) is 0 Å². The van der Waals surface area contributed by atoms with Crippen molar-refractivity contribution in [3.05, 3.63) is 64.9 Å². The molecule has 7 nitrogen and oxygen atoms in total. The number of esters is 1. The van der Waals surface area contributed by atoms with Gasteiger partial charge >= 0.3 is 5.97 Å². The van der Waals surface area contributed by atoms with Gasteiger partial charge in [0.2, 0.25) is 10.0 Å². The quantitative estimate of drug-likeness (QED) is 0.558. The summed E-state index contributed by atoms with van der Waals surface area (Å²) in [5.74, 6) is -2.20.